The molecule has 0 saturated carbocycles. The zero-order chi connectivity index (χ0) is 10.4. The van der Waals surface area contributed by atoms with Crippen molar-refractivity contribution in [1.82, 2.24) is 4.90 Å². The van der Waals surface area contributed by atoms with Gasteiger partial charge in [0.1, 0.15) is 0 Å². The molecule has 0 radical (unpaired) electrons. The van der Waals surface area contributed by atoms with Crippen molar-refractivity contribution in [3.05, 3.63) is 0 Å². The Hall–Kier alpha value is -0.900. The van der Waals surface area contributed by atoms with E-state index in [1.54, 1.807) is 0 Å². The fourth-order valence-electron chi connectivity index (χ4n) is 1.65. The predicted octanol–water partition coefficient (Wildman–Crippen LogP) is 0.688. The molecule has 0 aromatic heterocycles. The van der Waals surface area contributed by atoms with E-state index in [4.69, 9.17) is 5.11 Å². The molecule has 4 heteroatoms. The van der Waals surface area contributed by atoms with E-state index < -0.39 is 0 Å². The summed E-state index contributed by atoms with van der Waals surface area (Å²) in [6.07, 6.45) is 4.46. The van der Waals surface area contributed by atoms with E-state index in [0.717, 1.165) is 25.7 Å². The second-order valence-corrected chi connectivity index (χ2v) is 3.58. The molecule has 1 fully saturated rings. The van der Waals surface area contributed by atoms with Crippen molar-refractivity contribution < 1.29 is 14.7 Å². The minimum atomic E-state index is -0.237. The molecule has 4 nitrogen and oxygen atoms in total. The van der Waals surface area contributed by atoms with Gasteiger partial charge in [0.2, 0.25) is 11.8 Å². The lowest BCUT2D eigenvalue weighted by Gasteiger charge is -2.22. The number of imide groups is 1. The molecule has 1 rings (SSSR count). The summed E-state index contributed by atoms with van der Waals surface area (Å²) < 4.78 is 0. The van der Waals surface area contributed by atoms with Gasteiger partial charge in [-0.05, 0) is 12.8 Å². The van der Waals surface area contributed by atoms with Crippen molar-refractivity contribution in [3.8, 4) is 0 Å². The van der Waals surface area contributed by atoms with Gasteiger partial charge in [0.15, 0.2) is 0 Å². The molecule has 80 valence electrons. The summed E-state index contributed by atoms with van der Waals surface area (Å²) >= 11 is 0. The van der Waals surface area contributed by atoms with Crippen LogP contribution in [0.1, 0.15) is 38.5 Å². The zero-order valence-electron chi connectivity index (χ0n) is 8.37. The number of nitrogens with zero attached hydrogens (tertiary/aromatic N) is 1. The first-order valence-electron chi connectivity index (χ1n) is 5.20. The van der Waals surface area contributed by atoms with Gasteiger partial charge in [-0.2, -0.15) is 0 Å². The summed E-state index contributed by atoms with van der Waals surface area (Å²) in [5.41, 5.74) is 0. The highest BCUT2D eigenvalue weighted by atomic mass is 16.3. The second-order valence-electron chi connectivity index (χ2n) is 3.58. The molecule has 0 aliphatic carbocycles. The summed E-state index contributed by atoms with van der Waals surface area (Å²) in [5, 5.41) is 8.62. The average molecular weight is 199 g/mol. The highest BCUT2D eigenvalue weighted by molar-refractivity contribution is 5.95. The smallest absolute Gasteiger partial charge is 0.231 e. The monoisotopic (exact) mass is 199 g/mol. The van der Waals surface area contributed by atoms with E-state index in [-0.39, 0.29) is 24.8 Å². The number of carbonyl (C=O) groups is 2. The normalized spacial score (nSPS) is 18.9. The molecule has 0 unspecified atom stereocenters. The highest BCUT2D eigenvalue weighted by Crippen LogP contribution is 2.12. The number of hydrogen-bond acceptors (Lipinski definition) is 3. The number of aliphatic hydroxyl groups excluding tert-OH is 1. The van der Waals surface area contributed by atoms with Crippen molar-refractivity contribution in [1.29, 1.82) is 0 Å². The predicted molar refractivity (Wildman–Crippen MR) is 51.5 cm³/mol. The van der Waals surface area contributed by atoms with E-state index in [1.165, 1.54) is 4.90 Å². The van der Waals surface area contributed by atoms with Crippen molar-refractivity contribution in [2.24, 2.45) is 0 Å². The quantitative estimate of drug-likeness (QED) is 0.711. The van der Waals surface area contributed by atoms with Gasteiger partial charge in [0.05, 0.1) is 13.0 Å². The third-order valence-electron chi connectivity index (χ3n) is 2.45. The molecule has 1 N–H and O–H groups in total. The molecule has 0 spiro atoms. The molecule has 0 aromatic carbocycles. The first kappa shape index (κ1) is 11.2. The third kappa shape index (κ3) is 3.10. The van der Waals surface area contributed by atoms with E-state index >= 15 is 0 Å². The summed E-state index contributed by atoms with van der Waals surface area (Å²) in [6, 6.07) is 0. The Morgan fingerprint density at radius 1 is 1.29 bits per heavy atom. The van der Waals surface area contributed by atoms with Gasteiger partial charge < -0.3 is 5.11 Å². The number of aliphatic hydroxyl groups is 1. The summed E-state index contributed by atoms with van der Waals surface area (Å²) in [5.74, 6) is -0.317. The maximum Gasteiger partial charge on any atom is 0.231 e. The fourth-order valence-corrected chi connectivity index (χ4v) is 1.65. The molecule has 0 bridgehead atoms. The van der Waals surface area contributed by atoms with Crippen molar-refractivity contribution in [3.63, 3.8) is 0 Å². The van der Waals surface area contributed by atoms with Crippen molar-refractivity contribution >= 4 is 11.8 Å². The second kappa shape index (κ2) is 5.75. The number of hydrogen-bond donors (Lipinski definition) is 1. The lowest BCUT2D eigenvalue weighted by atomic mass is 10.1. The Morgan fingerprint density at radius 2 is 2.00 bits per heavy atom. The summed E-state index contributed by atoms with van der Waals surface area (Å²) in [4.78, 5) is 24.2. The van der Waals surface area contributed by atoms with Crippen LogP contribution < -0.4 is 0 Å². The lowest BCUT2D eigenvalue weighted by molar-refractivity contribution is -0.145. The third-order valence-corrected chi connectivity index (χ3v) is 2.45. The topological polar surface area (TPSA) is 57.6 Å². The first-order valence-corrected chi connectivity index (χ1v) is 5.20. The van der Waals surface area contributed by atoms with Crippen LogP contribution in [0.3, 0.4) is 0 Å². The number of rotatable bonds is 2. The Morgan fingerprint density at radius 3 is 2.71 bits per heavy atom. The number of amides is 2. The van der Waals surface area contributed by atoms with Gasteiger partial charge >= 0.3 is 0 Å². The molecule has 1 aliphatic rings. The van der Waals surface area contributed by atoms with Crippen LogP contribution in [-0.2, 0) is 9.59 Å². The summed E-state index contributed by atoms with van der Waals surface area (Å²) in [6.45, 7) is 0.347. The van der Waals surface area contributed by atoms with Crippen LogP contribution in [0, 0.1) is 0 Å². The van der Waals surface area contributed by atoms with Crippen LogP contribution in [0.25, 0.3) is 0 Å². The maximum absolute atomic E-state index is 11.5. The van der Waals surface area contributed by atoms with Crippen LogP contribution in [0.2, 0.25) is 0 Å². The van der Waals surface area contributed by atoms with Crippen molar-refractivity contribution in [2.45, 2.75) is 38.5 Å². The lowest BCUT2D eigenvalue weighted by Crippen LogP contribution is -2.38. The molecular formula is C10H17NO3. The molecule has 14 heavy (non-hydrogen) atoms. The van der Waals surface area contributed by atoms with Gasteiger partial charge in [-0.3, -0.25) is 14.5 Å². The van der Waals surface area contributed by atoms with Crippen LogP contribution in [0.5, 0.6) is 0 Å². The van der Waals surface area contributed by atoms with E-state index in [2.05, 4.69) is 0 Å². The minimum Gasteiger partial charge on any atom is -0.396 e. The van der Waals surface area contributed by atoms with E-state index in [9.17, 15) is 9.59 Å². The van der Waals surface area contributed by atoms with Crippen LogP contribution in [0.15, 0.2) is 0 Å². The largest absolute Gasteiger partial charge is 0.396 e. The molecule has 0 atom stereocenters. The van der Waals surface area contributed by atoms with E-state index in [0.29, 0.717) is 13.0 Å². The molecule has 1 heterocycles. The SMILES string of the molecule is O=C(CCO)N1CCCCCCC1=O. The number of likely N-dealkylation sites (tertiary alicyclic amines) is 1. The fraction of sp³-hybridized carbons (Fsp3) is 0.800. The van der Waals surface area contributed by atoms with Crippen LogP contribution >= 0.6 is 0 Å². The zero-order valence-corrected chi connectivity index (χ0v) is 8.37. The van der Waals surface area contributed by atoms with Crippen LogP contribution in [0.4, 0.5) is 0 Å². The van der Waals surface area contributed by atoms with Gasteiger partial charge in [-0.25, -0.2) is 0 Å². The molecule has 2 amide bonds. The molecular weight excluding hydrogens is 182 g/mol. The van der Waals surface area contributed by atoms with Crippen molar-refractivity contribution in [2.75, 3.05) is 13.2 Å². The van der Waals surface area contributed by atoms with Gasteiger partial charge in [0.25, 0.3) is 0 Å². The minimum absolute atomic E-state index is 0.0612. The first-order chi connectivity index (χ1) is 6.75. The van der Waals surface area contributed by atoms with Gasteiger partial charge in [0, 0.05) is 13.0 Å². The van der Waals surface area contributed by atoms with Crippen LogP contribution in [-0.4, -0.2) is 35.0 Å². The highest BCUT2D eigenvalue weighted by Gasteiger charge is 2.21. The standard InChI is InChI=1S/C10H17NO3/c12-8-6-10(14)11-7-4-2-1-3-5-9(11)13/h12H,1-8H2. The molecule has 1 aliphatic heterocycles. The van der Waals surface area contributed by atoms with E-state index in [1.807, 2.05) is 0 Å². The Balaban J connectivity index is 2.52. The summed E-state index contributed by atoms with van der Waals surface area (Å²) in [7, 11) is 0. The van der Waals surface area contributed by atoms with Gasteiger partial charge in [-0.15, -0.1) is 0 Å². The molecule has 1 saturated heterocycles. The van der Waals surface area contributed by atoms with Gasteiger partial charge in [-0.1, -0.05) is 12.8 Å². The number of carbonyl (C=O) groups excluding carboxylic acids is 2. The maximum atomic E-state index is 11.5. The Bertz CT molecular complexity index is 207. The average Bonchev–Trinajstić information content (AvgIpc) is 2.12. The Kier molecular flexibility index (Phi) is 4.59. The molecule has 0 aromatic rings. The Labute approximate surface area is 83.9 Å².